The molecule has 8 aromatic heterocycles. The van der Waals surface area contributed by atoms with Gasteiger partial charge in [-0.1, -0.05) is 72.9 Å². The van der Waals surface area contributed by atoms with Gasteiger partial charge in [0, 0.05) is 142 Å². The van der Waals surface area contributed by atoms with Gasteiger partial charge in [0.2, 0.25) is 11.4 Å². The minimum absolute atomic E-state index is 0. The minimum atomic E-state index is -3.92. The van der Waals surface area contributed by atoms with E-state index in [1.54, 1.807) is 49.4 Å². The van der Waals surface area contributed by atoms with Crippen LogP contribution in [0.1, 0.15) is 56.1 Å². The van der Waals surface area contributed by atoms with E-state index in [1.807, 2.05) is 86.9 Å². The molecule has 12 rings (SSSR count). The molecule has 13 nitrogen and oxygen atoms in total. The van der Waals surface area contributed by atoms with E-state index in [0.29, 0.717) is 38.9 Å². The zero-order valence-electron chi connectivity index (χ0n) is 58.7. The molecule has 0 aliphatic rings. The third-order valence-corrected chi connectivity index (χ3v) is 9.88. The molecule has 83 heavy (non-hydrogen) atoms. The van der Waals surface area contributed by atoms with Crippen LogP contribution in [0.3, 0.4) is 0 Å². The van der Waals surface area contributed by atoms with Gasteiger partial charge in [-0.05, 0) is 111 Å². The quantitative estimate of drug-likeness (QED) is 0.0730. The fraction of sp³-hybridized carbons (Fsp3) is 0.138. The van der Waals surface area contributed by atoms with Gasteiger partial charge in [-0.3, -0.25) is 4.98 Å². The molecule has 0 bridgehead atoms. The fourth-order valence-electron chi connectivity index (χ4n) is 6.73. The molecule has 8 heterocycles. The Morgan fingerprint density at radius 3 is 1.49 bits per heavy atom. The van der Waals surface area contributed by atoms with E-state index in [2.05, 4.69) is 88.1 Å². The second kappa shape index (κ2) is 38.8. The van der Waals surface area contributed by atoms with E-state index in [9.17, 15) is 0 Å². The molecular formula is C65H62B2Ir2N6O7S-4. The van der Waals surface area contributed by atoms with Crippen molar-refractivity contribution < 1.29 is 91.4 Å². The number of rotatable bonds is 4. The third-order valence-electron chi connectivity index (χ3n) is 9.88. The van der Waals surface area contributed by atoms with Crippen molar-refractivity contribution in [3.8, 4) is 57.4 Å². The molecular weight excluding hydrogens is 1410 g/mol. The number of aromatic nitrogens is 6. The number of para-hydroxylation sites is 1. The van der Waals surface area contributed by atoms with Crippen LogP contribution in [0, 0.1) is 58.1 Å². The molecule has 6 radical (unpaired) electrons. The Bertz CT molecular complexity index is 4360. The normalized spacial score (nSPS) is 12.2. The summed E-state index contributed by atoms with van der Waals surface area (Å²) >= 11 is 0. The molecule has 18 heteroatoms. The Labute approximate surface area is 537 Å². The number of hydrogen-bond donors (Lipinski definition) is 2. The Kier molecular flexibility index (Phi) is 24.3. The van der Waals surface area contributed by atoms with Crippen LogP contribution in [0.4, 0.5) is 0 Å². The Morgan fingerprint density at radius 1 is 0.590 bits per heavy atom. The SMILES string of the molecule is C.C#CC.CO.CO.CS(=O)(=O)[O-].Cc1ccc(-c2[c-]cccc2)nc1.Cc1ccc(-c2[c-]cccc2)nc1.[2H]c1nc(-c2[c-]ccc3c2oc2nc(C([2H])([2H])[2H])ccc23)c([2H])c([2H])c1[2H].[2H]c1nc(-c2cccc3c2oc2nc(C([2H])([2H])[2H])ccc23)c([2H])c([2H])c1[2H].[B][B].[Ir].[Ir]. The van der Waals surface area contributed by atoms with Crippen molar-refractivity contribution in [3.63, 3.8) is 0 Å². The van der Waals surface area contributed by atoms with E-state index in [4.69, 9.17) is 51.2 Å². The van der Waals surface area contributed by atoms with Gasteiger partial charge in [-0.2, -0.15) is 0 Å². The number of hydrogen-bond acceptors (Lipinski definition) is 13. The molecule has 0 atom stereocenters. The summed E-state index contributed by atoms with van der Waals surface area (Å²) in [5.41, 5.74) is 7.80. The van der Waals surface area contributed by atoms with Crippen LogP contribution in [0.5, 0.6) is 0 Å². The molecule has 4 aromatic carbocycles. The van der Waals surface area contributed by atoms with Crippen molar-refractivity contribution in [1.82, 2.24) is 29.9 Å². The van der Waals surface area contributed by atoms with Gasteiger partial charge < -0.3 is 38.6 Å². The second-order valence-electron chi connectivity index (χ2n) is 15.5. The molecule has 428 valence electrons. The average molecular weight is 1490 g/mol. The molecule has 0 unspecified atom stereocenters. The van der Waals surface area contributed by atoms with Crippen molar-refractivity contribution in [2.45, 2.75) is 41.9 Å². The maximum Gasteiger partial charge on any atom is 0.227 e. The van der Waals surface area contributed by atoms with Gasteiger partial charge in [0.25, 0.3) is 0 Å². The number of furan rings is 2. The van der Waals surface area contributed by atoms with E-state index in [-0.39, 0.29) is 111 Å². The fourth-order valence-corrected chi connectivity index (χ4v) is 6.73. The van der Waals surface area contributed by atoms with Gasteiger partial charge >= 0.3 is 0 Å². The number of aryl methyl sites for hydroxylation is 4. The van der Waals surface area contributed by atoms with Crippen molar-refractivity contribution in [2.24, 2.45) is 0 Å². The second-order valence-corrected chi connectivity index (χ2v) is 16.9. The van der Waals surface area contributed by atoms with Crippen LogP contribution < -0.4 is 0 Å². The number of fused-ring (bicyclic) bond motifs is 6. The molecule has 12 aromatic rings. The predicted octanol–water partition coefficient (Wildman–Crippen LogP) is 13.1. The summed E-state index contributed by atoms with van der Waals surface area (Å²) in [6, 6.07) is 45.3. The van der Waals surface area contributed by atoms with E-state index in [1.165, 1.54) is 23.3 Å². The van der Waals surface area contributed by atoms with Gasteiger partial charge in [0.1, 0.15) is 5.58 Å². The van der Waals surface area contributed by atoms with Crippen LogP contribution in [0.25, 0.3) is 89.2 Å². The van der Waals surface area contributed by atoms with E-state index < -0.39 is 54.3 Å². The van der Waals surface area contributed by atoms with E-state index >= 15 is 0 Å². The maximum atomic E-state index is 9.08. The summed E-state index contributed by atoms with van der Waals surface area (Å²) in [4.78, 5) is 24.7. The number of terminal acetylenes is 1. The van der Waals surface area contributed by atoms with Gasteiger partial charge in [-0.15, -0.1) is 102 Å². The number of aliphatic hydroxyl groups is 2. The van der Waals surface area contributed by atoms with Crippen LogP contribution in [-0.4, -0.2) is 89.0 Å². The van der Waals surface area contributed by atoms with Gasteiger partial charge in [0.05, 0.1) is 32.4 Å². The molecule has 0 saturated carbocycles. The molecule has 0 fully saturated rings. The maximum absolute atomic E-state index is 9.08. The van der Waals surface area contributed by atoms with Gasteiger partial charge in [0.15, 0.2) is 0 Å². The molecule has 0 aliphatic carbocycles. The molecule has 2 N–H and O–H groups in total. The predicted molar refractivity (Wildman–Crippen MR) is 329 cm³/mol. The van der Waals surface area contributed by atoms with Crippen LogP contribution in [0.15, 0.2) is 197 Å². The minimum Gasteiger partial charge on any atom is -0.748 e. The van der Waals surface area contributed by atoms with Crippen molar-refractivity contribution in [2.75, 3.05) is 20.5 Å². The molecule has 0 spiro atoms. The largest absolute Gasteiger partial charge is 0.748 e. The summed E-state index contributed by atoms with van der Waals surface area (Å²) in [5.74, 6) is 2.25. The van der Waals surface area contributed by atoms with Crippen molar-refractivity contribution in [1.29, 1.82) is 0 Å². The number of aliphatic hydroxyl groups excluding tert-OH is 2. The van der Waals surface area contributed by atoms with E-state index in [0.717, 1.165) is 36.7 Å². The summed E-state index contributed by atoms with van der Waals surface area (Å²) in [6.07, 6.45) is 8.12. The Morgan fingerprint density at radius 2 is 1.05 bits per heavy atom. The summed E-state index contributed by atoms with van der Waals surface area (Å²) < 4.78 is 146. The average Bonchev–Trinajstić information content (AvgIpc) is 1.64. The monoisotopic (exact) mass is 1490 g/mol. The summed E-state index contributed by atoms with van der Waals surface area (Å²) in [5, 5.41) is 16.5. The van der Waals surface area contributed by atoms with Crippen LogP contribution >= 0.6 is 0 Å². The van der Waals surface area contributed by atoms with Crippen LogP contribution in [-0.2, 0) is 50.3 Å². The smallest absolute Gasteiger partial charge is 0.227 e. The molecule has 0 aliphatic heterocycles. The number of nitrogens with zero attached hydrogens (tertiary/aromatic N) is 6. The number of benzene rings is 4. The van der Waals surface area contributed by atoms with Gasteiger partial charge in [-0.25, -0.2) is 18.4 Å². The Hall–Kier alpha value is -7.80. The van der Waals surface area contributed by atoms with Crippen LogP contribution in [0.2, 0.25) is 0 Å². The standard InChI is InChI=1S/C17H12N2O.C17H11N2O.2C12H10N.C3H4.CH4O3S.2CH4O.CH4.B2.2Ir/c2*1-11-8-9-13-12-5-4-6-14(15-7-2-3-10-18-15)16(12)20-17(13)19-11;2*1-10-7-8-12(13-9-10)11-5-3-2-4-6-11;1-3-2;1-5(2,3)4;2*1-2;;1-2;;/h2-10H,1H3;2-5,7-10H,1H3;2*2-5,7-9H,1H3;1H,2H3;1H3,(H,2,3,4);2*2H,1H3;1H4;;;/q;3*-1;;;;;;;;/p-1/i2*1D3,2D,3D,7D,10D;;;;;;;;;;. The summed E-state index contributed by atoms with van der Waals surface area (Å²) in [6.45, 7) is 0.981. The molecule has 0 saturated heterocycles. The topological polar surface area (TPSA) is 201 Å². The first kappa shape index (κ1) is 52.0. The zero-order chi connectivity index (χ0) is 70.4. The van der Waals surface area contributed by atoms with Crippen molar-refractivity contribution >= 4 is 69.7 Å². The zero-order valence-corrected chi connectivity index (χ0v) is 50.3. The Balaban J connectivity index is 0.000000624. The first-order chi connectivity index (χ1) is 44.5. The molecule has 0 amide bonds. The third kappa shape index (κ3) is 22.8. The first-order valence-corrected chi connectivity index (χ1v) is 25.1. The number of pyridine rings is 6. The summed E-state index contributed by atoms with van der Waals surface area (Å²) in [7, 11) is 6.08. The first-order valence-electron chi connectivity index (χ1n) is 30.3. The van der Waals surface area contributed by atoms with Crippen molar-refractivity contribution in [3.05, 3.63) is 229 Å².